The lowest BCUT2D eigenvalue weighted by Crippen LogP contribution is -2.55. The van der Waals surface area contributed by atoms with Crippen LogP contribution in [0.25, 0.3) is 0 Å². The first-order valence-corrected chi connectivity index (χ1v) is 8.00. The van der Waals surface area contributed by atoms with Gasteiger partial charge in [0.2, 0.25) is 5.91 Å². The molecule has 0 saturated carbocycles. The van der Waals surface area contributed by atoms with Crippen LogP contribution in [0.1, 0.15) is 36.2 Å². The molecule has 0 N–H and O–H groups in total. The minimum Gasteiger partial charge on any atom is -0.377 e. The molecule has 1 aromatic rings. The van der Waals surface area contributed by atoms with Gasteiger partial charge in [0.25, 0.3) is 5.91 Å². The van der Waals surface area contributed by atoms with Crippen molar-refractivity contribution in [2.45, 2.75) is 32.2 Å². The molecule has 0 bridgehead atoms. The Morgan fingerprint density at radius 1 is 1.22 bits per heavy atom. The maximum Gasteiger partial charge on any atom is 0.253 e. The van der Waals surface area contributed by atoms with E-state index in [4.69, 9.17) is 4.74 Å². The third-order valence-corrected chi connectivity index (χ3v) is 4.18. The van der Waals surface area contributed by atoms with E-state index >= 15 is 0 Å². The van der Waals surface area contributed by atoms with Crippen molar-refractivity contribution in [2.75, 3.05) is 33.9 Å². The molecule has 1 fully saturated rings. The highest BCUT2D eigenvalue weighted by atomic mass is 16.5. The summed E-state index contributed by atoms with van der Waals surface area (Å²) in [5.74, 6) is 0.148. The van der Waals surface area contributed by atoms with Crippen molar-refractivity contribution in [3.8, 4) is 0 Å². The number of benzene rings is 1. The monoisotopic (exact) mass is 318 g/mol. The van der Waals surface area contributed by atoms with E-state index in [1.165, 1.54) is 0 Å². The molecule has 0 radical (unpaired) electrons. The Labute approximate surface area is 138 Å². The van der Waals surface area contributed by atoms with Crippen molar-refractivity contribution >= 4 is 11.8 Å². The van der Waals surface area contributed by atoms with E-state index in [0.29, 0.717) is 38.2 Å². The minimum atomic E-state index is -0.239. The van der Waals surface area contributed by atoms with Crippen molar-refractivity contribution in [1.82, 2.24) is 9.80 Å². The molecule has 126 valence electrons. The van der Waals surface area contributed by atoms with Crippen molar-refractivity contribution in [2.24, 2.45) is 0 Å². The number of hydrogen-bond acceptors (Lipinski definition) is 3. The summed E-state index contributed by atoms with van der Waals surface area (Å²) in [6, 6.07) is 7.49. The summed E-state index contributed by atoms with van der Waals surface area (Å²) in [7, 11) is 3.47. The van der Waals surface area contributed by atoms with E-state index in [1.807, 2.05) is 43.0 Å². The summed E-state index contributed by atoms with van der Waals surface area (Å²) in [6.07, 6.45) is 1.16. The molecule has 1 aliphatic heterocycles. The first kappa shape index (κ1) is 17.5. The quantitative estimate of drug-likeness (QED) is 0.853. The Balaban J connectivity index is 1.93. The summed E-state index contributed by atoms with van der Waals surface area (Å²) < 4.78 is 5.45. The van der Waals surface area contributed by atoms with Crippen LogP contribution >= 0.6 is 0 Å². The first-order valence-electron chi connectivity index (χ1n) is 8.00. The number of hydrogen-bond donors (Lipinski definition) is 0. The standard InChI is InChI=1S/C18H26N2O3/c1-18(2)13-23-12-11-20(18)16(21)10-7-14-5-8-15(9-6-14)17(22)19(3)4/h5-6,8-9H,7,10-13H2,1-4H3. The van der Waals surface area contributed by atoms with Crippen LogP contribution in [-0.2, 0) is 16.0 Å². The smallest absolute Gasteiger partial charge is 0.253 e. The summed E-state index contributed by atoms with van der Waals surface area (Å²) >= 11 is 0. The number of carbonyl (C=O) groups excluding carboxylic acids is 2. The SMILES string of the molecule is CN(C)C(=O)c1ccc(CCC(=O)N2CCOCC2(C)C)cc1. The van der Waals surface area contributed by atoms with Gasteiger partial charge >= 0.3 is 0 Å². The van der Waals surface area contributed by atoms with E-state index in [0.717, 1.165) is 5.56 Å². The molecule has 23 heavy (non-hydrogen) atoms. The lowest BCUT2D eigenvalue weighted by Gasteiger charge is -2.42. The summed E-state index contributed by atoms with van der Waals surface area (Å²) in [4.78, 5) is 27.8. The molecule has 0 unspecified atom stereocenters. The molecule has 0 atom stereocenters. The van der Waals surface area contributed by atoms with Gasteiger partial charge in [0, 0.05) is 32.6 Å². The van der Waals surface area contributed by atoms with Crippen molar-refractivity contribution in [3.05, 3.63) is 35.4 Å². The van der Waals surface area contributed by atoms with Crippen LogP contribution in [0, 0.1) is 0 Å². The molecule has 2 rings (SSSR count). The van der Waals surface area contributed by atoms with Crippen LogP contribution in [0.15, 0.2) is 24.3 Å². The van der Waals surface area contributed by atoms with E-state index in [1.54, 1.807) is 19.0 Å². The molecule has 2 amide bonds. The Morgan fingerprint density at radius 3 is 2.43 bits per heavy atom. The maximum atomic E-state index is 12.5. The van der Waals surface area contributed by atoms with Gasteiger partial charge in [-0.25, -0.2) is 0 Å². The number of morpholine rings is 1. The van der Waals surface area contributed by atoms with Gasteiger partial charge in [-0.1, -0.05) is 12.1 Å². The van der Waals surface area contributed by atoms with Crippen LogP contribution < -0.4 is 0 Å². The molecule has 1 saturated heterocycles. The fourth-order valence-corrected chi connectivity index (χ4v) is 2.78. The number of amides is 2. The zero-order valence-corrected chi connectivity index (χ0v) is 14.5. The van der Waals surface area contributed by atoms with Crippen LogP contribution in [0.4, 0.5) is 0 Å². The molecule has 0 aliphatic carbocycles. The van der Waals surface area contributed by atoms with Gasteiger partial charge in [0.05, 0.1) is 18.8 Å². The zero-order valence-electron chi connectivity index (χ0n) is 14.5. The lowest BCUT2D eigenvalue weighted by atomic mass is 10.0. The molecule has 0 spiro atoms. The van der Waals surface area contributed by atoms with Gasteiger partial charge in [0.1, 0.15) is 0 Å². The van der Waals surface area contributed by atoms with E-state index in [2.05, 4.69) is 0 Å². The lowest BCUT2D eigenvalue weighted by molar-refractivity contribution is -0.146. The van der Waals surface area contributed by atoms with Gasteiger partial charge in [0.15, 0.2) is 0 Å². The Bertz CT molecular complexity index is 564. The summed E-state index contributed by atoms with van der Waals surface area (Å²) in [5.41, 5.74) is 1.50. The van der Waals surface area contributed by atoms with Crippen LogP contribution in [0.5, 0.6) is 0 Å². The zero-order chi connectivity index (χ0) is 17.0. The highest BCUT2D eigenvalue weighted by Gasteiger charge is 2.33. The number of carbonyl (C=O) groups is 2. The van der Waals surface area contributed by atoms with Crippen LogP contribution in [-0.4, -0.2) is 61.0 Å². The predicted octanol–water partition coefficient (Wildman–Crippen LogP) is 1.96. The van der Waals surface area contributed by atoms with Crippen LogP contribution in [0.2, 0.25) is 0 Å². The Hall–Kier alpha value is -1.88. The number of nitrogens with zero attached hydrogens (tertiary/aromatic N) is 2. The highest BCUT2D eigenvalue weighted by molar-refractivity contribution is 5.93. The molecule has 1 aromatic carbocycles. The van der Waals surface area contributed by atoms with Gasteiger partial charge in [-0.15, -0.1) is 0 Å². The molecule has 0 aromatic heterocycles. The van der Waals surface area contributed by atoms with Crippen molar-refractivity contribution in [3.63, 3.8) is 0 Å². The highest BCUT2D eigenvalue weighted by Crippen LogP contribution is 2.20. The molecular weight excluding hydrogens is 292 g/mol. The topological polar surface area (TPSA) is 49.9 Å². The Kier molecular flexibility index (Phi) is 5.42. The normalized spacial score (nSPS) is 17.0. The van der Waals surface area contributed by atoms with E-state index in [-0.39, 0.29) is 17.4 Å². The van der Waals surface area contributed by atoms with Gasteiger partial charge < -0.3 is 14.5 Å². The molecule has 1 heterocycles. The first-order chi connectivity index (χ1) is 10.8. The van der Waals surface area contributed by atoms with Gasteiger partial charge in [-0.2, -0.15) is 0 Å². The average molecular weight is 318 g/mol. The predicted molar refractivity (Wildman–Crippen MR) is 89.4 cm³/mol. The fraction of sp³-hybridized carbons (Fsp3) is 0.556. The summed E-state index contributed by atoms with van der Waals surface area (Å²) in [5, 5.41) is 0. The maximum absolute atomic E-state index is 12.5. The third kappa shape index (κ3) is 4.32. The summed E-state index contributed by atoms with van der Waals surface area (Å²) in [6.45, 7) is 5.91. The molecular formula is C18H26N2O3. The second-order valence-electron chi connectivity index (χ2n) is 6.81. The largest absolute Gasteiger partial charge is 0.377 e. The second kappa shape index (κ2) is 7.13. The number of aryl methyl sites for hydroxylation is 1. The second-order valence-corrected chi connectivity index (χ2v) is 6.81. The van der Waals surface area contributed by atoms with E-state index in [9.17, 15) is 9.59 Å². The third-order valence-electron chi connectivity index (χ3n) is 4.18. The molecule has 5 nitrogen and oxygen atoms in total. The van der Waals surface area contributed by atoms with Crippen molar-refractivity contribution < 1.29 is 14.3 Å². The molecule has 1 aliphatic rings. The van der Waals surface area contributed by atoms with Crippen molar-refractivity contribution in [1.29, 1.82) is 0 Å². The fourth-order valence-electron chi connectivity index (χ4n) is 2.78. The average Bonchev–Trinajstić information content (AvgIpc) is 2.52. The number of rotatable bonds is 4. The minimum absolute atomic E-state index is 0.0114. The van der Waals surface area contributed by atoms with E-state index < -0.39 is 0 Å². The molecule has 5 heteroatoms. The number of ether oxygens (including phenoxy) is 1. The Morgan fingerprint density at radius 2 is 1.87 bits per heavy atom. The van der Waals surface area contributed by atoms with Crippen LogP contribution in [0.3, 0.4) is 0 Å². The van der Waals surface area contributed by atoms with Gasteiger partial charge in [-0.3, -0.25) is 9.59 Å². The van der Waals surface area contributed by atoms with Gasteiger partial charge in [-0.05, 0) is 38.0 Å².